The molecule has 2 heterocycles. The molecule has 3 aromatic rings. The lowest BCUT2D eigenvalue weighted by Crippen LogP contribution is -2.25. The van der Waals surface area contributed by atoms with Crippen LogP contribution in [0.5, 0.6) is 0 Å². The van der Waals surface area contributed by atoms with Crippen LogP contribution in [0.25, 0.3) is 10.9 Å². The van der Waals surface area contributed by atoms with E-state index in [2.05, 4.69) is 22.4 Å². The summed E-state index contributed by atoms with van der Waals surface area (Å²) in [5.41, 5.74) is 4.15. The van der Waals surface area contributed by atoms with E-state index in [1.165, 1.54) is 5.56 Å². The van der Waals surface area contributed by atoms with Crippen LogP contribution in [0, 0.1) is 0 Å². The molecule has 0 saturated carbocycles. The van der Waals surface area contributed by atoms with Crippen LogP contribution in [0.4, 0.5) is 5.69 Å². The lowest BCUT2D eigenvalue weighted by Gasteiger charge is -2.20. The number of benzene rings is 2. The first kappa shape index (κ1) is 12.4. The van der Waals surface area contributed by atoms with Crippen molar-refractivity contribution in [3.8, 4) is 0 Å². The Morgan fingerprint density at radius 3 is 2.81 bits per heavy atom. The van der Waals surface area contributed by atoms with Gasteiger partial charge in [0, 0.05) is 22.8 Å². The van der Waals surface area contributed by atoms with Crippen LogP contribution in [0.2, 0.25) is 0 Å². The smallest absolute Gasteiger partial charge is 0.101 e. The third-order valence-electron chi connectivity index (χ3n) is 4.16. The van der Waals surface area contributed by atoms with Crippen LogP contribution in [0.3, 0.4) is 0 Å². The average molecular weight is 276 g/mol. The molecule has 0 aliphatic carbocycles. The maximum Gasteiger partial charge on any atom is 0.101 e. The summed E-state index contributed by atoms with van der Waals surface area (Å²) in [7, 11) is 0. The molecule has 1 aliphatic rings. The molecule has 3 heteroatoms. The summed E-state index contributed by atoms with van der Waals surface area (Å²) in [4.78, 5) is 4.43. The van der Waals surface area contributed by atoms with E-state index in [0.717, 1.165) is 28.6 Å². The lowest BCUT2D eigenvalue weighted by atomic mass is 9.97. The molecule has 0 spiro atoms. The van der Waals surface area contributed by atoms with Crippen molar-refractivity contribution in [3.63, 3.8) is 0 Å². The largest absolute Gasteiger partial charge is 0.386 e. The van der Waals surface area contributed by atoms with Crippen LogP contribution >= 0.6 is 0 Å². The predicted octanol–water partition coefficient (Wildman–Crippen LogP) is 3.31. The SMILES string of the molecule is OC(c1cccc2cccnc12)C1Cc2ccccc2N1. The van der Waals surface area contributed by atoms with Gasteiger partial charge in [0.25, 0.3) is 0 Å². The van der Waals surface area contributed by atoms with Crippen molar-refractivity contribution in [2.45, 2.75) is 18.6 Å². The Balaban J connectivity index is 1.71. The van der Waals surface area contributed by atoms with Crippen molar-refractivity contribution in [1.82, 2.24) is 4.98 Å². The quantitative estimate of drug-likeness (QED) is 0.755. The highest BCUT2D eigenvalue weighted by molar-refractivity contribution is 5.82. The standard InChI is InChI=1S/C18H16N2O/c21-18(16-11-13-5-1-2-9-15(13)20-16)14-8-3-6-12-7-4-10-19-17(12)14/h1-10,16,18,20-21H,11H2. The van der Waals surface area contributed by atoms with E-state index in [-0.39, 0.29) is 6.04 Å². The molecule has 2 N–H and O–H groups in total. The fourth-order valence-corrected chi connectivity index (χ4v) is 3.10. The molecule has 0 fully saturated rings. The molecular weight excluding hydrogens is 260 g/mol. The van der Waals surface area contributed by atoms with Crippen molar-refractivity contribution < 1.29 is 5.11 Å². The molecule has 21 heavy (non-hydrogen) atoms. The second-order valence-electron chi connectivity index (χ2n) is 5.48. The topological polar surface area (TPSA) is 45.2 Å². The van der Waals surface area contributed by atoms with Gasteiger partial charge in [0.15, 0.2) is 0 Å². The Kier molecular flexibility index (Phi) is 2.86. The van der Waals surface area contributed by atoms with Crippen molar-refractivity contribution in [1.29, 1.82) is 0 Å². The third-order valence-corrected chi connectivity index (χ3v) is 4.16. The number of aliphatic hydroxyl groups is 1. The molecule has 1 aromatic heterocycles. The molecule has 2 aromatic carbocycles. The molecule has 0 amide bonds. The molecule has 0 radical (unpaired) electrons. The normalized spacial score (nSPS) is 18.2. The molecule has 2 unspecified atom stereocenters. The highest BCUT2D eigenvalue weighted by atomic mass is 16.3. The van der Waals surface area contributed by atoms with Crippen molar-refractivity contribution in [2.24, 2.45) is 0 Å². The Labute approximate surface area is 123 Å². The maximum absolute atomic E-state index is 10.8. The van der Waals surface area contributed by atoms with E-state index in [0.29, 0.717) is 0 Å². The summed E-state index contributed by atoms with van der Waals surface area (Å²) < 4.78 is 0. The van der Waals surface area contributed by atoms with Gasteiger partial charge in [-0.25, -0.2) is 0 Å². The van der Waals surface area contributed by atoms with E-state index in [9.17, 15) is 5.11 Å². The van der Waals surface area contributed by atoms with Crippen molar-refractivity contribution in [3.05, 3.63) is 71.9 Å². The van der Waals surface area contributed by atoms with E-state index in [1.54, 1.807) is 6.20 Å². The summed E-state index contributed by atoms with van der Waals surface area (Å²) in [6.07, 6.45) is 2.03. The van der Waals surface area contributed by atoms with Crippen LogP contribution in [0.1, 0.15) is 17.2 Å². The van der Waals surface area contributed by atoms with Gasteiger partial charge in [-0.3, -0.25) is 4.98 Å². The number of para-hydroxylation sites is 2. The third kappa shape index (κ3) is 2.06. The zero-order chi connectivity index (χ0) is 14.2. The summed E-state index contributed by atoms with van der Waals surface area (Å²) in [5.74, 6) is 0. The second-order valence-corrected chi connectivity index (χ2v) is 5.48. The minimum absolute atomic E-state index is 0.00462. The van der Waals surface area contributed by atoms with E-state index in [1.807, 2.05) is 42.5 Å². The molecule has 2 atom stereocenters. The van der Waals surface area contributed by atoms with Gasteiger partial charge in [0.05, 0.1) is 11.6 Å². The highest BCUT2D eigenvalue weighted by Gasteiger charge is 2.28. The lowest BCUT2D eigenvalue weighted by molar-refractivity contribution is 0.158. The van der Waals surface area contributed by atoms with Crippen LogP contribution in [-0.4, -0.2) is 16.1 Å². The summed E-state index contributed by atoms with van der Waals surface area (Å²) in [6, 6.07) is 18.1. The number of nitrogens with zero attached hydrogens (tertiary/aromatic N) is 1. The summed E-state index contributed by atoms with van der Waals surface area (Å²) in [6.45, 7) is 0. The van der Waals surface area contributed by atoms with E-state index < -0.39 is 6.10 Å². The van der Waals surface area contributed by atoms with Gasteiger partial charge >= 0.3 is 0 Å². The first-order valence-electron chi connectivity index (χ1n) is 7.19. The van der Waals surface area contributed by atoms with Crippen molar-refractivity contribution >= 4 is 16.6 Å². The number of anilines is 1. The van der Waals surface area contributed by atoms with Gasteiger partial charge in [0.1, 0.15) is 6.10 Å². The minimum atomic E-state index is -0.573. The highest BCUT2D eigenvalue weighted by Crippen LogP contribution is 2.33. The van der Waals surface area contributed by atoms with Crippen LogP contribution in [-0.2, 0) is 6.42 Å². The molecule has 104 valence electrons. The zero-order valence-corrected chi connectivity index (χ0v) is 11.5. The number of fused-ring (bicyclic) bond motifs is 2. The summed E-state index contributed by atoms with van der Waals surface area (Å²) in [5, 5.41) is 15.3. The Morgan fingerprint density at radius 1 is 1.05 bits per heavy atom. The molecule has 3 nitrogen and oxygen atoms in total. The molecule has 1 aliphatic heterocycles. The first-order chi connectivity index (χ1) is 10.3. The first-order valence-corrected chi connectivity index (χ1v) is 7.19. The zero-order valence-electron chi connectivity index (χ0n) is 11.5. The number of pyridine rings is 1. The van der Waals surface area contributed by atoms with Crippen LogP contribution in [0.15, 0.2) is 60.8 Å². The van der Waals surface area contributed by atoms with Gasteiger partial charge in [-0.2, -0.15) is 0 Å². The van der Waals surface area contributed by atoms with Gasteiger partial charge in [-0.05, 0) is 24.1 Å². The van der Waals surface area contributed by atoms with Gasteiger partial charge in [0.2, 0.25) is 0 Å². The fourth-order valence-electron chi connectivity index (χ4n) is 3.10. The number of aliphatic hydroxyl groups excluding tert-OH is 1. The second kappa shape index (κ2) is 4.86. The molecular formula is C18H16N2O. The van der Waals surface area contributed by atoms with Gasteiger partial charge in [-0.15, -0.1) is 0 Å². The Bertz CT molecular complexity index is 770. The predicted molar refractivity (Wildman–Crippen MR) is 84.3 cm³/mol. The molecule has 4 rings (SSSR count). The average Bonchev–Trinajstić information content (AvgIpc) is 2.97. The minimum Gasteiger partial charge on any atom is -0.386 e. The number of hydrogen-bond donors (Lipinski definition) is 2. The molecule has 0 saturated heterocycles. The summed E-state index contributed by atoms with van der Waals surface area (Å²) >= 11 is 0. The van der Waals surface area contributed by atoms with E-state index >= 15 is 0 Å². The number of nitrogens with one attached hydrogen (secondary N) is 1. The monoisotopic (exact) mass is 276 g/mol. The van der Waals surface area contributed by atoms with Gasteiger partial charge in [-0.1, -0.05) is 42.5 Å². The number of hydrogen-bond acceptors (Lipinski definition) is 3. The number of aromatic nitrogens is 1. The van der Waals surface area contributed by atoms with Crippen LogP contribution < -0.4 is 5.32 Å². The maximum atomic E-state index is 10.8. The van der Waals surface area contributed by atoms with Crippen molar-refractivity contribution in [2.75, 3.05) is 5.32 Å². The van der Waals surface area contributed by atoms with Gasteiger partial charge < -0.3 is 10.4 Å². The van der Waals surface area contributed by atoms with E-state index in [4.69, 9.17) is 0 Å². The Hall–Kier alpha value is -2.39. The fraction of sp³-hybridized carbons (Fsp3) is 0.167. The Morgan fingerprint density at radius 2 is 1.90 bits per heavy atom. The number of rotatable bonds is 2. The molecule has 0 bridgehead atoms.